The minimum absolute atomic E-state index is 0.930. The molecule has 1 aromatic rings. The SMILES string of the molecule is Cc1cc(Br)cc(NCC2CC2)c1. The molecule has 13 heavy (non-hydrogen) atoms. The lowest BCUT2D eigenvalue weighted by atomic mass is 10.2. The van der Waals surface area contributed by atoms with E-state index < -0.39 is 0 Å². The van der Waals surface area contributed by atoms with Gasteiger partial charge >= 0.3 is 0 Å². The highest BCUT2D eigenvalue weighted by molar-refractivity contribution is 9.10. The summed E-state index contributed by atoms with van der Waals surface area (Å²) in [7, 11) is 0. The fourth-order valence-electron chi connectivity index (χ4n) is 1.42. The molecule has 1 aromatic carbocycles. The van der Waals surface area contributed by atoms with E-state index in [0.29, 0.717) is 0 Å². The van der Waals surface area contributed by atoms with E-state index in [4.69, 9.17) is 0 Å². The fraction of sp³-hybridized carbons (Fsp3) is 0.455. The monoisotopic (exact) mass is 239 g/mol. The number of nitrogens with one attached hydrogen (secondary N) is 1. The average molecular weight is 240 g/mol. The van der Waals surface area contributed by atoms with E-state index in [0.717, 1.165) is 16.9 Å². The van der Waals surface area contributed by atoms with Crippen molar-refractivity contribution in [2.24, 2.45) is 5.92 Å². The molecular weight excluding hydrogens is 226 g/mol. The first-order chi connectivity index (χ1) is 6.24. The van der Waals surface area contributed by atoms with Gasteiger partial charge in [-0.3, -0.25) is 0 Å². The Hall–Kier alpha value is -0.500. The lowest BCUT2D eigenvalue weighted by Crippen LogP contribution is -2.02. The topological polar surface area (TPSA) is 12.0 Å². The van der Waals surface area contributed by atoms with Gasteiger partial charge in [-0.25, -0.2) is 0 Å². The maximum Gasteiger partial charge on any atom is 0.0354 e. The molecule has 0 spiro atoms. The van der Waals surface area contributed by atoms with E-state index in [2.05, 4.69) is 46.4 Å². The van der Waals surface area contributed by atoms with Crippen LogP contribution in [0.4, 0.5) is 5.69 Å². The van der Waals surface area contributed by atoms with Crippen LogP contribution in [0.25, 0.3) is 0 Å². The molecule has 1 aliphatic rings. The Morgan fingerprint density at radius 2 is 2.15 bits per heavy atom. The van der Waals surface area contributed by atoms with Crippen molar-refractivity contribution >= 4 is 21.6 Å². The van der Waals surface area contributed by atoms with Gasteiger partial charge in [-0.05, 0) is 49.4 Å². The number of halogens is 1. The second kappa shape index (κ2) is 3.70. The molecule has 0 aromatic heterocycles. The van der Waals surface area contributed by atoms with Crippen LogP contribution in [0.3, 0.4) is 0 Å². The third kappa shape index (κ3) is 2.73. The summed E-state index contributed by atoms with van der Waals surface area (Å²) < 4.78 is 1.16. The average Bonchev–Trinajstić information content (AvgIpc) is 2.81. The van der Waals surface area contributed by atoms with Gasteiger partial charge in [-0.2, -0.15) is 0 Å². The highest BCUT2D eigenvalue weighted by atomic mass is 79.9. The first kappa shape index (κ1) is 9.07. The lowest BCUT2D eigenvalue weighted by molar-refractivity contribution is 0.889. The van der Waals surface area contributed by atoms with Crippen molar-refractivity contribution < 1.29 is 0 Å². The Morgan fingerprint density at radius 3 is 2.77 bits per heavy atom. The molecule has 0 radical (unpaired) electrons. The number of aryl methyl sites for hydroxylation is 1. The van der Waals surface area contributed by atoms with Gasteiger partial charge in [0.25, 0.3) is 0 Å². The predicted molar refractivity (Wildman–Crippen MR) is 60.1 cm³/mol. The molecule has 1 nitrogen and oxygen atoms in total. The summed E-state index contributed by atoms with van der Waals surface area (Å²) >= 11 is 3.50. The smallest absolute Gasteiger partial charge is 0.0354 e. The molecule has 1 saturated carbocycles. The molecule has 0 aliphatic heterocycles. The Morgan fingerprint density at radius 1 is 1.38 bits per heavy atom. The Labute approximate surface area is 87.7 Å². The van der Waals surface area contributed by atoms with Crippen LogP contribution >= 0.6 is 15.9 Å². The van der Waals surface area contributed by atoms with Gasteiger partial charge in [0.1, 0.15) is 0 Å². The van der Waals surface area contributed by atoms with E-state index >= 15 is 0 Å². The summed E-state index contributed by atoms with van der Waals surface area (Å²) in [5.74, 6) is 0.930. The highest BCUT2D eigenvalue weighted by Gasteiger charge is 2.20. The van der Waals surface area contributed by atoms with Gasteiger partial charge in [-0.1, -0.05) is 15.9 Å². The zero-order valence-electron chi connectivity index (χ0n) is 7.81. The van der Waals surface area contributed by atoms with Gasteiger partial charge in [0.05, 0.1) is 0 Å². The number of benzene rings is 1. The molecule has 0 heterocycles. The van der Waals surface area contributed by atoms with E-state index in [-0.39, 0.29) is 0 Å². The largest absolute Gasteiger partial charge is 0.385 e. The summed E-state index contributed by atoms with van der Waals surface area (Å²) in [6.45, 7) is 3.25. The summed E-state index contributed by atoms with van der Waals surface area (Å²) in [6, 6.07) is 6.45. The zero-order valence-corrected chi connectivity index (χ0v) is 9.39. The van der Waals surface area contributed by atoms with E-state index in [1.165, 1.54) is 24.1 Å². The minimum atomic E-state index is 0.930. The van der Waals surface area contributed by atoms with Crippen LogP contribution in [0, 0.1) is 12.8 Å². The van der Waals surface area contributed by atoms with Crippen LogP contribution in [-0.4, -0.2) is 6.54 Å². The molecule has 0 amide bonds. The van der Waals surface area contributed by atoms with Gasteiger partial charge in [0.15, 0.2) is 0 Å². The van der Waals surface area contributed by atoms with Gasteiger partial charge in [0.2, 0.25) is 0 Å². The van der Waals surface area contributed by atoms with Crippen molar-refractivity contribution in [3.8, 4) is 0 Å². The van der Waals surface area contributed by atoms with Crippen molar-refractivity contribution in [2.75, 3.05) is 11.9 Å². The number of rotatable bonds is 3. The number of hydrogen-bond donors (Lipinski definition) is 1. The Kier molecular flexibility index (Phi) is 2.58. The molecular formula is C11H14BrN. The van der Waals surface area contributed by atoms with Crippen molar-refractivity contribution in [1.82, 2.24) is 0 Å². The zero-order chi connectivity index (χ0) is 9.26. The number of anilines is 1. The predicted octanol–water partition coefficient (Wildman–Crippen LogP) is 3.58. The van der Waals surface area contributed by atoms with Crippen molar-refractivity contribution in [1.29, 1.82) is 0 Å². The molecule has 0 bridgehead atoms. The molecule has 70 valence electrons. The third-order valence-corrected chi connectivity index (χ3v) is 2.79. The maximum atomic E-state index is 3.50. The second-order valence-electron chi connectivity index (χ2n) is 3.84. The van der Waals surface area contributed by atoms with Crippen LogP contribution in [0.2, 0.25) is 0 Å². The van der Waals surface area contributed by atoms with Gasteiger partial charge in [-0.15, -0.1) is 0 Å². The normalized spacial score (nSPS) is 15.8. The van der Waals surface area contributed by atoms with Crippen LogP contribution < -0.4 is 5.32 Å². The third-order valence-electron chi connectivity index (χ3n) is 2.33. The molecule has 1 fully saturated rings. The first-order valence-corrected chi connectivity index (χ1v) is 5.54. The van der Waals surface area contributed by atoms with E-state index in [9.17, 15) is 0 Å². The van der Waals surface area contributed by atoms with Crippen molar-refractivity contribution in [2.45, 2.75) is 19.8 Å². The fourth-order valence-corrected chi connectivity index (χ4v) is 2.03. The lowest BCUT2D eigenvalue weighted by Gasteiger charge is -2.06. The molecule has 1 aliphatic carbocycles. The van der Waals surface area contributed by atoms with Crippen molar-refractivity contribution in [3.63, 3.8) is 0 Å². The summed E-state index contributed by atoms with van der Waals surface area (Å²) in [5, 5.41) is 3.46. The molecule has 0 saturated heterocycles. The standard InChI is InChI=1S/C11H14BrN/c1-8-4-10(12)6-11(5-8)13-7-9-2-3-9/h4-6,9,13H,2-3,7H2,1H3. The molecule has 2 heteroatoms. The van der Waals surface area contributed by atoms with E-state index in [1.807, 2.05) is 0 Å². The van der Waals surface area contributed by atoms with Gasteiger partial charge < -0.3 is 5.32 Å². The van der Waals surface area contributed by atoms with Crippen LogP contribution in [-0.2, 0) is 0 Å². The quantitative estimate of drug-likeness (QED) is 0.851. The minimum Gasteiger partial charge on any atom is -0.385 e. The number of hydrogen-bond acceptors (Lipinski definition) is 1. The molecule has 2 rings (SSSR count). The maximum absolute atomic E-state index is 3.50. The second-order valence-corrected chi connectivity index (χ2v) is 4.76. The van der Waals surface area contributed by atoms with E-state index in [1.54, 1.807) is 0 Å². The Balaban J connectivity index is 2.01. The summed E-state index contributed by atoms with van der Waals surface area (Å²) in [5.41, 5.74) is 2.53. The molecule has 0 atom stereocenters. The highest BCUT2D eigenvalue weighted by Crippen LogP contribution is 2.29. The first-order valence-electron chi connectivity index (χ1n) is 4.75. The van der Waals surface area contributed by atoms with Crippen LogP contribution in [0.5, 0.6) is 0 Å². The molecule has 1 N–H and O–H groups in total. The molecule has 0 unspecified atom stereocenters. The van der Waals surface area contributed by atoms with Crippen LogP contribution in [0.15, 0.2) is 22.7 Å². The summed E-state index contributed by atoms with van der Waals surface area (Å²) in [6.07, 6.45) is 2.81. The van der Waals surface area contributed by atoms with Crippen LogP contribution in [0.1, 0.15) is 18.4 Å². The van der Waals surface area contributed by atoms with Crippen molar-refractivity contribution in [3.05, 3.63) is 28.2 Å². The Bertz CT molecular complexity index is 285. The summed E-state index contributed by atoms with van der Waals surface area (Å²) in [4.78, 5) is 0. The van der Waals surface area contributed by atoms with Gasteiger partial charge in [0, 0.05) is 16.7 Å².